The Hall–Kier alpha value is -4.26. The van der Waals surface area contributed by atoms with Crippen molar-refractivity contribution in [3.05, 3.63) is 42.0 Å². The van der Waals surface area contributed by atoms with E-state index in [1.54, 1.807) is 0 Å². The molecule has 7 amide bonds. The molecule has 0 spiro atoms. The Labute approximate surface area is 265 Å². The largest absolute Gasteiger partial charge is 0.352 e. The van der Waals surface area contributed by atoms with Gasteiger partial charge in [-0.2, -0.15) is 0 Å². The Morgan fingerprint density at radius 2 is 1.44 bits per heavy atom. The van der Waals surface area contributed by atoms with Gasteiger partial charge in [-0.1, -0.05) is 32.4 Å². The third-order valence-electron chi connectivity index (χ3n) is 7.25. The van der Waals surface area contributed by atoms with Crippen LogP contribution in [0.3, 0.4) is 0 Å². The van der Waals surface area contributed by atoms with Gasteiger partial charge >= 0.3 is 6.03 Å². The molecule has 0 saturated carbocycles. The zero-order valence-electron chi connectivity index (χ0n) is 26.4. The molecule has 0 bridgehead atoms. The second-order valence-corrected chi connectivity index (χ2v) is 11.7. The van der Waals surface area contributed by atoms with Gasteiger partial charge in [0.1, 0.15) is 12.1 Å². The van der Waals surface area contributed by atoms with Gasteiger partial charge in [0.2, 0.25) is 17.7 Å². The number of benzene rings is 1. The second kappa shape index (κ2) is 19.9. The van der Waals surface area contributed by atoms with Crippen molar-refractivity contribution in [2.75, 3.05) is 25.0 Å². The first-order valence-electron chi connectivity index (χ1n) is 15.8. The predicted octanol–water partition coefficient (Wildman–Crippen LogP) is 1.86. The molecule has 2 rings (SSSR count). The number of urea groups is 1. The summed E-state index contributed by atoms with van der Waals surface area (Å²) >= 11 is 0. The maximum Gasteiger partial charge on any atom is 0.312 e. The summed E-state index contributed by atoms with van der Waals surface area (Å²) < 4.78 is 0. The Morgan fingerprint density at radius 1 is 0.800 bits per heavy atom. The Bertz CT molecular complexity index is 1170. The normalized spacial score (nSPS) is 13.9. The van der Waals surface area contributed by atoms with E-state index < -0.39 is 29.9 Å². The summed E-state index contributed by atoms with van der Waals surface area (Å²) in [6.07, 6.45) is 7.46. The highest BCUT2D eigenvalue weighted by molar-refractivity contribution is 6.12. The zero-order chi connectivity index (χ0) is 33.2. The Morgan fingerprint density at radius 3 is 2.07 bits per heavy atom. The highest BCUT2D eigenvalue weighted by Gasteiger charge is 2.27. The van der Waals surface area contributed by atoms with Crippen LogP contribution >= 0.6 is 0 Å². The maximum absolute atomic E-state index is 13.4. The smallest absolute Gasteiger partial charge is 0.312 e. The third-order valence-corrected chi connectivity index (χ3v) is 7.25. The van der Waals surface area contributed by atoms with Crippen molar-refractivity contribution < 1.29 is 28.8 Å². The first-order chi connectivity index (χ1) is 21.5. The average molecular weight is 628 g/mol. The Kier molecular flexibility index (Phi) is 16.3. The van der Waals surface area contributed by atoms with Crippen LogP contribution in [0.2, 0.25) is 0 Å². The van der Waals surface area contributed by atoms with Gasteiger partial charge in [0, 0.05) is 37.3 Å². The lowest BCUT2D eigenvalue weighted by Gasteiger charge is -2.23. The molecule has 0 unspecified atom stereocenters. The quantitative estimate of drug-likeness (QED) is 0.0880. The van der Waals surface area contributed by atoms with Gasteiger partial charge in [0.15, 0.2) is 0 Å². The molecule has 248 valence electrons. The molecule has 0 radical (unpaired) electrons. The van der Waals surface area contributed by atoms with Crippen molar-refractivity contribution in [3.63, 3.8) is 0 Å². The standard InChI is InChI=1S/C32H49N7O6/c1-22(2)21-23-12-14-24(15-13-23)36-30(43)26(10-8-19-35-32(34)45)38-31(44)25(9-5-6-18-33)37-27(40)11-4-3-7-20-39-28(41)16-17-29(39)42/h12-17,22,25-26H,3-11,18-21,33H2,1-2H3,(H,36,43)(H,37,40)(H,38,44)(H3,34,35,45)/t25-,26-/m0/s1. The molecule has 45 heavy (non-hydrogen) atoms. The molecule has 0 aliphatic carbocycles. The number of nitrogens with zero attached hydrogens (tertiary/aromatic N) is 1. The van der Waals surface area contributed by atoms with Crippen LogP contribution in [-0.4, -0.2) is 72.2 Å². The zero-order valence-corrected chi connectivity index (χ0v) is 26.4. The van der Waals surface area contributed by atoms with E-state index in [4.69, 9.17) is 11.5 Å². The van der Waals surface area contributed by atoms with Gasteiger partial charge in [0.05, 0.1) is 0 Å². The summed E-state index contributed by atoms with van der Waals surface area (Å²) in [4.78, 5) is 75.1. The lowest BCUT2D eigenvalue weighted by molar-refractivity contribution is -0.137. The summed E-state index contributed by atoms with van der Waals surface area (Å²) in [5.74, 6) is -1.40. The number of carbonyl (C=O) groups excluding carboxylic acids is 6. The third kappa shape index (κ3) is 14.4. The van der Waals surface area contributed by atoms with E-state index in [0.717, 1.165) is 16.9 Å². The van der Waals surface area contributed by atoms with Crippen LogP contribution in [0, 0.1) is 5.92 Å². The van der Waals surface area contributed by atoms with Gasteiger partial charge in [-0.3, -0.25) is 28.9 Å². The molecule has 1 heterocycles. The van der Waals surface area contributed by atoms with E-state index in [-0.39, 0.29) is 43.7 Å². The second-order valence-electron chi connectivity index (χ2n) is 11.7. The summed E-state index contributed by atoms with van der Waals surface area (Å²) in [6.45, 7) is 5.21. The molecule has 2 atom stereocenters. The minimum atomic E-state index is -0.929. The van der Waals surface area contributed by atoms with Crippen molar-refractivity contribution in [2.45, 2.75) is 90.1 Å². The monoisotopic (exact) mass is 627 g/mol. The van der Waals surface area contributed by atoms with E-state index >= 15 is 0 Å². The number of hydrogen-bond donors (Lipinski definition) is 6. The number of imide groups is 1. The first-order valence-corrected chi connectivity index (χ1v) is 15.8. The number of nitrogens with two attached hydrogens (primary N) is 2. The molecule has 0 aromatic heterocycles. The van der Waals surface area contributed by atoms with Crippen molar-refractivity contribution in [3.8, 4) is 0 Å². The van der Waals surface area contributed by atoms with Gasteiger partial charge in [-0.15, -0.1) is 0 Å². The number of rotatable bonds is 21. The highest BCUT2D eigenvalue weighted by atomic mass is 16.2. The highest BCUT2D eigenvalue weighted by Crippen LogP contribution is 2.15. The van der Waals surface area contributed by atoms with Crippen LogP contribution < -0.4 is 32.7 Å². The summed E-state index contributed by atoms with van der Waals surface area (Å²) in [5.41, 5.74) is 12.5. The molecule has 0 fully saturated rings. The van der Waals surface area contributed by atoms with Gasteiger partial charge < -0.3 is 32.7 Å². The predicted molar refractivity (Wildman–Crippen MR) is 172 cm³/mol. The number of anilines is 1. The molecule has 13 heteroatoms. The van der Waals surface area contributed by atoms with Gasteiger partial charge in [0.25, 0.3) is 11.8 Å². The number of carbonyl (C=O) groups is 6. The van der Waals surface area contributed by atoms with Crippen LogP contribution in [-0.2, 0) is 30.4 Å². The van der Waals surface area contributed by atoms with Crippen LogP contribution in [0.4, 0.5) is 10.5 Å². The fourth-order valence-corrected chi connectivity index (χ4v) is 4.90. The molecule has 1 aliphatic heterocycles. The fourth-order valence-electron chi connectivity index (χ4n) is 4.90. The molecule has 13 nitrogen and oxygen atoms in total. The number of hydrogen-bond acceptors (Lipinski definition) is 7. The number of nitrogens with one attached hydrogen (secondary N) is 4. The van der Waals surface area contributed by atoms with Crippen molar-refractivity contribution in [1.82, 2.24) is 20.9 Å². The summed E-state index contributed by atoms with van der Waals surface area (Å²) in [5, 5.41) is 10.9. The number of unbranched alkanes of at least 4 members (excludes halogenated alkanes) is 3. The van der Waals surface area contributed by atoms with E-state index in [1.165, 1.54) is 12.2 Å². The van der Waals surface area contributed by atoms with E-state index in [9.17, 15) is 28.8 Å². The lowest BCUT2D eigenvalue weighted by Crippen LogP contribution is -2.52. The van der Waals surface area contributed by atoms with E-state index in [1.807, 2.05) is 24.3 Å². The Balaban J connectivity index is 1.98. The number of primary amides is 1. The van der Waals surface area contributed by atoms with Crippen molar-refractivity contribution in [1.29, 1.82) is 0 Å². The fraction of sp³-hybridized carbons (Fsp3) is 0.562. The van der Waals surface area contributed by atoms with Crippen LogP contribution in [0.1, 0.15) is 77.2 Å². The molecule has 1 aliphatic rings. The summed E-state index contributed by atoms with van der Waals surface area (Å²) in [7, 11) is 0. The van der Waals surface area contributed by atoms with Crippen LogP contribution in [0.5, 0.6) is 0 Å². The van der Waals surface area contributed by atoms with Gasteiger partial charge in [-0.25, -0.2) is 4.79 Å². The lowest BCUT2D eigenvalue weighted by atomic mass is 10.0. The minimum Gasteiger partial charge on any atom is -0.352 e. The van der Waals surface area contributed by atoms with Crippen molar-refractivity contribution in [2.24, 2.45) is 17.4 Å². The molecular weight excluding hydrogens is 578 g/mol. The summed E-state index contributed by atoms with van der Waals surface area (Å²) in [6, 6.07) is 5.05. The van der Waals surface area contributed by atoms with Crippen LogP contribution in [0.15, 0.2) is 36.4 Å². The topological polar surface area (TPSA) is 206 Å². The van der Waals surface area contributed by atoms with Gasteiger partial charge in [-0.05, 0) is 81.5 Å². The van der Waals surface area contributed by atoms with E-state index in [0.29, 0.717) is 63.1 Å². The molecule has 8 N–H and O–H groups in total. The molecular formula is C32H49N7O6. The van der Waals surface area contributed by atoms with Crippen LogP contribution in [0.25, 0.3) is 0 Å². The molecule has 1 aromatic carbocycles. The minimum absolute atomic E-state index is 0.163. The van der Waals surface area contributed by atoms with E-state index in [2.05, 4.69) is 35.1 Å². The number of amides is 7. The molecule has 0 saturated heterocycles. The average Bonchev–Trinajstić information content (AvgIpc) is 3.30. The first kappa shape index (κ1) is 36.9. The molecule has 1 aromatic rings. The van der Waals surface area contributed by atoms with Crippen molar-refractivity contribution >= 4 is 41.3 Å². The SMILES string of the molecule is CC(C)Cc1ccc(NC(=O)[C@H](CCCNC(N)=O)NC(=O)[C@H](CCCCN)NC(=O)CCCCCN2C(=O)C=CC2=O)cc1. The maximum atomic E-state index is 13.4.